The van der Waals surface area contributed by atoms with E-state index in [1.54, 1.807) is 79.8 Å². The number of morpholine rings is 1. The maximum Gasteiger partial charge on any atom is 0.284 e. The van der Waals surface area contributed by atoms with Crippen molar-refractivity contribution in [2.75, 3.05) is 42.3 Å². The van der Waals surface area contributed by atoms with Crippen LogP contribution < -0.4 is 21.5 Å². The molecule has 42 heavy (non-hydrogen) atoms. The summed E-state index contributed by atoms with van der Waals surface area (Å²) in [6.45, 7) is 4.63. The minimum Gasteiger partial charge on any atom is -0.382 e. The first-order chi connectivity index (χ1) is 20.4. The molecule has 1 aromatic carbocycles. The zero-order valence-corrected chi connectivity index (χ0v) is 23.2. The number of benzene rings is 1. The minimum atomic E-state index is -0.497. The Kier molecular flexibility index (Phi) is 7.19. The van der Waals surface area contributed by atoms with E-state index in [0.717, 1.165) is 30.0 Å². The molecule has 12 heteroatoms. The van der Waals surface area contributed by atoms with Crippen LogP contribution in [-0.2, 0) is 11.8 Å². The predicted octanol–water partition coefficient (Wildman–Crippen LogP) is 3.07. The summed E-state index contributed by atoms with van der Waals surface area (Å²) >= 11 is 0. The molecular formula is C30H29N9O3. The zero-order chi connectivity index (χ0) is 29.2. The van der Waals surface area contributed by atoms with Gasteiger partial charge in [0.2, 0.25) is 0 Å². The quantitative estimate of drug-likeness (QED) is 0.318. The van der Waals surface area contributed by atoms with Crippen molar-refractivity contribution >= 4 is 23.2 Å². The lowest BCUT2D eigenvalue weighted by Crippen LogP contribution is -2.36. The van der Waals surface area contributed by atoms with Gasteiger partial charge in [-0.05, 0) is 43.3 Å². The fraction of sp³-hybridized carbons (Fsp3) is 0.200. The molecule has 3 N–H and O–H groups in total. The Labute approximate surface area is 241 Å². The Bertz CT molecular complexity index is 1810. The average Bonchev–Trinajstić information content (AvgIpc) is 3.25. The largest absolute Gasteiger partial charge is 0.382 e. The third-order valence-electron chi connectivity index (χ3n) is 7.28. The van der Waals surface area contributed by atoms with E-state index in [0.29, 0.717) is 41.7 Å². The van der Waals surface area contributed by atoms with E-state index in [2.05, 4.69) is 25.2 Å². The molecule has 1 amide bonds. The molecule has 0 aliphatic carbocycles. The van der Waals surface area contributed by atoms with Crippen LogP contribution in [0.3, 0.4) is 0 Å². The lowest BCUT2D eigenvalue weighted by Gasteiger charge is -2.28. The number of carbonyl (C=O) groups excluding carboxylic acids is 1. The van der Waals surface area contributed by atoms with Crippen molar-refractivity contribution in [2.24, 2.45) is 7.05 Å². The lowest BCUT2D eigenvalue weighted by atomic mass is 10.1. The van der Waals surface area contributed by atoms with Crippen LogP contribution in [0.5, 0.6) is 0 Å². The van der Waals surface area contributed by atoms with Gasteiger partial charge in [-0.25, -0.2) is 19.6 Å². The van der Waals surface area contributed by atoms with Crippen molar-refractivity contribution in [3.8, 4) is 28.2 Å². The van der Waals surface area contributed by atoms with Crippen LogP contribution in [0.25, 0.3) is 28.2 Å². The Hall–Kier alpha value is -5.36. The Balaban J connectivity index is 1.23. The highest BCUT2D eigenvalue weighted by atomic mass is 16.5. The zero-order valence-electron chi connectivity index (χ0n) is 23.2. The summed E-state index contributed by atoms with van der Waals surface area (Å²) in [6, 6.07) is 14.4. The summed E-state index contributed by atoms with van der Waals surface area (Å²) in [4.78, 5) is 46.3. The highest BCUT2D eigenvalue weighted by Crippen LogP contribution is 2.28. The molecule has 5 aromatic rings. The number of carbonyl (C=O) groups is 1. The molecular weight excluding hydrogens is 534 g/mol. The molecule has 0 unspecified atom stereocenters. The Morgan fingerprint density at radius 2 is 1.71 bits per heavy atom. The SMILES string of the molecule is Cc1c(C(=O)Nc2ccc(-c3nc(-c4ccnc(N5CCOCC5)c4)cnc3N)cc2)c(=O)n(-c2ccncc2)n1C. The first kappa shape index (κ1) is 26.8. The second kappa shape index (κ2) is 11.3. The molecule has 0 atom stereocenters. The number of nitrogens with zero attached hydrogens (tertiary/aromatic N) is 7. The van der Waals surface area contributed by atoms with Crippen molar-refractivity contribution < 1.29 is 9.53 Å². The van der Waals surface area contributed by atoms with Crippen LogP contribution >= 0.6 is 0 Å². The molecule has 12 nitrogen and oxygen atoms in total. The van der Waals surface area contributed by atoms with E-state index in [9.17, 15) is 9.59 Å². The molecule has 0 bridgehead atoms. The molecule has 4 aromatic heterocycles. The average molecular weight is 564 g/mol. The van der Waals surface area contributed by atoms with E-state index in [4.69, 9.17) is 15.5 Å². The second-order valence-electron chi connectivity index (χ2n) is 9.83. The highest BCUT2D eigenvalue weighted by Gasteiger charge is 2.22. The van der Waals surface area contributed by atoms with Crippen LogP contribution in [0.4, 0.5) is 17.3 Å². The number of aromatic nitrogens is 6. The molecule has 0 radical (unpaired) electrons. The van der Waals surface area contributed by atoms with Gasteiger partial charge in [0.1, 0.15) is 22.9 Å². The first-order valence-electron chi connectivity index (χ1n) is 13.4. The molecule has 1 saturated heterocycles. The topological polar surface area (TPSA) is 146 Å². The minimum absolute atomic E-state index is 0.0648. The fourth-order valence-electron chi connectivity index (χ4n) is 4.94. The maximum absolute atomic E-state index is 13.2. The number of rotatable bonds is 6. The molecule has 5 heterocycles. The fourth-order valence-corrected chi connectivity index (χ4v) is 4.94. The Morgan fingerprint density at radius 1 is 0.976 bits per heavy atom. The van der Waals surface area contributed by atoms with Gasteiger partial charge >= 0.3 is 0 Å². The summed E-state index contributed by atoms with van der Waals surface area (Å²) in [7, 11) is 1.73. The van der Waals surface area contributed by atoms with Crippen LogP contribution in [0.2, 0.25) is 0 Å². The van der Waals surface area contributed by atoms with Crippen LogP contribution in [0, 0.1) is 6.92 Å². The predicted molar refractivity (Wildman–Crippen MR) is 160 cm³/mol. The summed E-state index contributed by atoms with van der Waals surface area (Å²) in [6.07, 6.45) is 6.60. The van der Waals surface area contributed by atoms with Crippen molar-refractivity contribution in [1.82, 2.24) is 29.3 Å². The van der Waals surface area contributed by atoms with E-state index in [1.165, 1.54) is 4.68 Å². The smallest absolute Gasteiger partial charge is 0.284 e. The molecule has 1 aliphatic heterocycles. The van der Waals surface area contributed by atoms with Gasteiger partial charge in [-0.1, -0.05) is 12.1 Å². The highest BCUT2D eigenvalue weighted by molar-refractivity contribution is 6.05. The Morgan fingerprint density at radius 3 is 2.45 bits per heavy atom. The van der Waals surface area contributed by atoms with E-state index < -0.39 is 11.5 Å². The molecule has 6 rings (SSSR count). The number of hydrogen-bond donors (Lipinski definition) is 2. The van der Waals surface area contributed by atoms with Gasteiger partial charge in [0, 0.05) is 55.5 Å². The van der Waals surface area contributed by atoms with Gasteiger partial charge in [0.05, 0.1) is 36.5 Å². The van der Waals surface area contributed by atoms with E-state index >= 15 is 0 Å². The summed E-state index contributed by atoms with van der Waals surface area (Å²) in [5, 5.41) is 2.83. The standard InChI is InChI=1S/C30H29N9O3/c1-19-26(30(41)39(37(19)2)23-8-10-32-11-9-23)29(40)35-22-5-3-20(4-6-22)27-28(31)34-18-24(36-27)21-7-12-33-25(17-21)38-13-15-42-16-14-38/h3-12,17-18H,13-16H2,1-2H3,(H2,31,34)(H,35,40). The van der Waals surface area contributed by atoms with Gasteiger partial charge in [0.15, 0.2) is 0 Å². The molecule has 1 fully saturated rings. The number of anilines is 3. The monoisotopic (exact) mass is 563 g/mol. The van der Waals surface area contributed by atoms with Crippen molar-refractivity contribution in [1.29, 1.82) is 0 Å². The number of hydrogen-bond acceptors (Lipinski definition) is 9. The van der Waals surface area contributed by atoms with E-state index in [1.807, 2.05) is 12.1 Å². The number of pyridine rings is 2. The molecule has 1 aliphatic rings. The summed E-state index contributed by atoms with van der Waals surface area (Å²) in [5.41, 5.74) is 10.3. The number of ether oxygens (including phenoxy) is 1. The van der Waals surface area contributed by atoms with Gasteiger partial charge in [-0.15, -0.1) is 0 Å². The summed E-state index contributed by atoms with van der Waals surface area (Å²) in [5.74, 6) is 0.649. The van der Waals surface area contributed by atoms with Gasteiger partial charge in [0.25, 0.3) is 11.5 Å². The number of amides is 1. The number of nitrogens with two attached hydrogens (primary N) is 1. The van der Waals surface area contributed by atoms with Gasteiger partial charge < -0.3 is 20.7 Å². The van der Waals surface area contributed by atoms with Crippen molar-refractivity contribution in [3.63, 3.8) is 0 Å². The number of nitrogens with one attached hydrogen (secondary N) is 1. The molecule has 0 saturated carbocycles. The third-order valence-corrected chi connectivity index (χ3v) is 7.28. The lowest BCUT2D eigenvalue weighted by molar-refractivity contribution is 0.102. The van der Waals surface area contributed by atoms with Crippen LogP contribution in [-0.4, -0.2) is 61.5 Å². The van der Waals surface area contributed by atoms with Crippen LogP contribution in [0.1, 0.15) is 16.1 Å². The second-order valence-corrected chi connectivity index (χ2v) is 9.83. The van der Waals surface area contributed by atoms with E-state index in [-0.39, 0.29) is 11.4 Å². The molecule has 212 valence electrons. The van der Waals surface area contributed by atoms with Crippen molar-refractivity contribution in [3.05, 3.63) is 94.9 Å². The van der Waals surface area contributed by atoms with Gasteiger partial charge in [-0.3, -0.25) is 19.3 Å². The van der Waals surface area contributed by atoms with Crippen LogP contribution in [0.15, 0.2) is 78.1 Å². The van der Waals surface area contributed by atoms with Gasteiger partial charge in [-0.2, -0.15) is 0 Å². The van der Waals surface area contributed by atoms with Crippen molar-refractivity contribution in [2.45, 2.75) is 6.92 Å². The summed E-state index contributed by atoms with van der Waals surface area (Å²) < 4.78 is 8.54. The number of nitrogen functional groups attached to an aromatic ring is 1. The maximum atomic E-state index is 13.2. The normalized spacial score (nSPS) is 13.2. The first-order valence-corrected chi connectivity index (χ1v) is 13.4. The molecule has 0 spiro atoms. The third kappa shape index (κ3) is 5.10.